The third-order valence-corrected chi connectivity index (χ3v) is 4.08. The Bertz CT molecular complexity index is 503. The van der Waals surface area contributed by atoms with Crippen molar-refractivity contribution >= 4 is 11.8 Å². The minimum atomic E-state index is -0.417. The Labute approximate surface area is 126 Å². The maximum atomic E-state index is 12.7. The SMILES string of the molecule is CC(=O)N1CCN(C(=O)C(C)(C)Cc2ccccc2)CC1. The number of carbonyl (C=O) groups is 2. The van der Waals surface area contributed by atoms with Crippen LogP contribution >= 0.6 is 0 Å². The van der Waals surface area contributed by atoms with Crippen molar-refractivity contribution in [3.63, 3.8) is 0 Å². The molecular weight excluding hydrogens is 264 g/mol. The van der Waals surface area contributed by atoms with Gasteiger partial charge in [0.05, 0.1) is 0 Å². The summed E-state index contributed by atoms with van der Waals surface area (Å²) in [6, 6.07) is 10.1. The predicted octanol–water partition coefficient (Wildman–Crippen LogP) is 1.95. The van der Waals surface area contributed by atoms with Gasteiger partial charge < -0.3 is 9.80 Å². The van der Waals surface area contributed by atoms with Gasteiger partial charge in [-0.3, -0.25) is 9.59 Å². The van der Waals surface area contributed by atoms with Gasteiger partial charge in [0.15, 0.2) is 0 Å². The van der Waals surface area contributed by atoms with Gasteiger partial charge in [-0.05, 0) is 12.0 Å². The first-order chi connectivity index (χ1) is 9.90. The third kappa shape index (κ3) is 3.84. The summed E-state index contributed by atoms with van der Waals surface area (Å²) in [7, 11) is 0. The molecule has 1 aromatic carbocycles. The fourth-order valence-electron chi connectivity index (χ4n) is 2.83. The summed E-state index contributed by atoms with van der Waals surface area (Å²) < 4.78 is 0. The van der Waals surface area contributed by atoms with Crippen LogP contribution in [0.15, 0.2) is 30.3 Å². The molecule has 0 aliphatic carbocycles. The quantitative estimate of drug-likeness (QED) is 0.853. The lowest BCUT2D eigenvalue weighted by Gasteiger charge is -2.38. The molecule has 4 heteroatoms. The fraction of sp³-hybridized carbons (Fsp3) is 0.529. The Morgan fingerprint density at radius 2 is 1.52 bits per heavy atom. The number of carbonyl (C=O) groups excluding carboxylic acids is 2. The number of rotatable bonds is 3. The lowest BCUT2D eigenvalue weighted by Crippen LogP contribution is -2.53. The van der Waals surface area contributed by atoms with Gasteiger partial charge >= 0.3 is 0 Å². The topological polar surface area (TPSA) is 40.6 Å². The lowest BCUT2D eigenvalue weighted by molar-refractivity contribution is -0.145. The lowest BCUT2D eigenvalue weighted by atomic mass is 9.84. The van der Waals surface area contributed by atoms with Crippen molar-refractivity contribution in [2.24, 2.45) is 5.41 Å². The maximum Gasteiger partial charge on any atom is 0.228 e. The number of amides is 2. The monoisotopic (exact) mass is 288 g/mol. The summed E-state index contributed by atoms with van der Waals surface area (Å²) in [5.41, 5.74) is 0.762. The van der Waals surface area contributed by atoms with Gasteiger partial charge in [-0.15, -0.1) is 0 Å². The van der Waals surface area contributed by atoms with Crippen molar-refractivity contribution in [1.82, 2.24) is 9.80 Å². The molecule has 1 aliphatic heterocycles. The van der Waals surface area contributed by atoms with E-state index in [1.807, 2.05) is 36.9 Å². The van der Waals surface area contributed by atoms with E-state index in [1.165, 1.54) is 5.56 Å². The Morgan fingerprint density at radius 1 is 1.00 bits per heavy atom. The summed E-state index contributed by atoms with van der Waals surface area (Å²) in [5, 5.41) is 0. The van der Waals surface area contributed by atoms with Gasteiger partial charge in [0, 0.05) is 38.5 Å². The van der Waals surface area contributed by atoms with Gasteiger partial charge in [0.25, 0.3) is 0 Å². The van der Waals surface area contributed by atoms with E-state index in [0.29, 0.717) is 26.2 Å². The molecule has 0 aromatic heterocycles. The minimum absolute atomic E-state index is 0.0886. The zero-order chi connectivity index (χ0) is 15.5. The van der Waals surface area contributed by atoms with Gasteiger partial charge in [-0.25, -0.2) is 0 Å². The predicted molar refractivity (Wildman–Crippen MR) is 82.8 cm³/mol. The first-order valence-electron chi connectivity index (χ1n) is 7.49. The van der Waals surface area contributed by atoms with Crippen molar-refractivity contribution in [2.75, 3.05) is 26.2 Å². The Morgan fingerprint density at radius 3 is 2.05 bits per heavy atom. The molecule has 0 unspecified atom stereocenters. The first-order valence-corrected chi connectivity index (χ1v) is 7.49. The molecule has 4 nitrogen and oxygen atoms in total. The van der Waals surface area contributed by atoms with Crippen molar-refractivity contribution in [3.05, 3.63) is 35.9 Å². The average molecular weight is 288 g/mol. The number of hydrogen-bond donors (Lipinski definition) is 0. The Hall–Kier alpha value is -1.84. The van der Waals surface area contributed by atoms with E-state index in [0.717, 1.165) is 6.42 Å². The van der Waals surface area contributed by atoms with Crippen LogP contribution in [0.4, 0.5) is 0 Å². The molecular formula is C17H24N2O2. The third-order valence-electron chi connectivity index (χ3n) is 4.08. The smallest absolute Gasteiger partial charge is 0.228 e. The number of benzene rings is 1. The highest BCUT2D eigenvalue weighted by Gasteiger charge is 2.34. The van der Waals surface area contributed by atoms with Crippen LogP contribution in [0.5, 0.6) is 0 Å². The van der Waals surface area contributed by atoms with E-state index in [4.69, 9.17) is 0 Å². The molecule has 1 aliphatic rings. The molecule has 2 rings (SSSR count). The molecule has 2 amide bonds. The highest BCUT2D eigenvalue weighted by molar-refractivity contribution is 5.82. The second kappa shape index (κ2) is 6.29. The van der Waals surface area contributed by atoms with Crippen LogP contribution in [-0.4, -0.2) is 47.8 Å². The van der Waals surface area contributed by atoms with Crippen LogP contribution in [0.2, 0.25) is 0 Å². The molecule has 114 valence electrons. The zero-order valence-corrected chi connectivity index (χ0v) is 13.1. The van der Waals surface area contributed by atoms with Gasteiger partial charge in [0.1, 0.15) is 0 Å². The highest BCUT2D eigenvalue weighted by Crippen LogP contribution is 2.25. The molecule has 0 atom stereocenters. The van der Waals surface area contributed by atoms with Gasteiger partial charge in [-0.1, -0.05) is 44.2 Å². The molecule has 0 N–H and O–H groups in total. The zero-order valence-electron chi connectivity index (χ0n) is 13.1. The van der Waals surface area contributed by atoms with E-state index in [1.54, 1.807) is 11.8 Å². The van der Waals surface area contributed by atoms with Crippen molar-refractivity contribution in [2.45, 2.75) is 27.2 Å². The molecule has 1 fully saturated rings. The van der Waals surface area contributed by atoms with E-state index < -0.39 is 5.41 Å². The van der Waals surface area contributed by atoms with Crippen molar-refractivity contribution in [3.8, 4) is 0 Å². The first kappa shape index (κ1) is 15.5. The highest BCUT2D eigenvalue weighted by atomic mass is 16.2. The Kier molecular flexibility index (Phi) is 4.66. The number of hydrogen-bond acceptors (Lipinski definition) is 2. The van der Waals surface area contributed by atoms with E-state index in [2.05, 4.69) is 12.1 Å². The van der Waals surface area contributed by atoms with E-state index >= 15 is 0 Å². The van der Waals surface area contributed by atoms with E-state index in [-0.39, 0.29) is 11.8 Å². The summed E-state index contributed by atoms with van der Waals surface area (Å²) in [6.07, 6.45) is 0.736. The standard InChI is InChI=1S/C17H24N2O2/c1-14(20)18-9-11-19(12-10-18)16(21)17(2,3)13-15-7-5-4-6-8-15/h4-8H,9-13H2,1-3H3. The fourth-order valence-corrected chi connectivity index (χ4v) is 2.83. The van der Waals surface area contributed by atoms with Crippen LogP contribution < -0.4 is 0 Å². The van der Waals surface area contributed by atoms with Crippen LogP contribution in [0.3, 0.4) is 0 Å². The number of nitrogens with zero attached hydrogens (tertiary/aromatic N) is 2. The minimum Gasteiger partial charge on any atom is -0.339 e. The largest absolute Gasteiger partial charge is 0.339 e. The summed E-state index contributed by atoms with van der Waals surface area (Å²) in [5.74, 6) is 0.264. The van der Waals surface area contributed by atoms with Gasteiger partial charge in [-0.2, -0.15) is 0 Å². The number of piperazine rings is 1. The van der Waals surface area contributed by atoms with Crippen LogP contribution in [-0.2, 0) is 16.0 Å². The Balaban J connectivity index is 1.97. The van der Waals surface area contributed by atoms with Crippen molar-refractivity contribution in [1.29, 1.82) is 0 Å². The van der Waals surface area contributed by atoms with Crippen molar-refractivity contribution < 1.29 is 9.59 Å². The van der Waals surface area contributed by atoms with Crippen LogP contribution in [0.1, 0.15) is 26.3 Å². The molecule has 1 heterocycles. The molecule has 0 bridgehead atoms. The summed E-state index contributed by atoms with van der Waals surface area (Å²) in [4.78, 5) is 27.7. The summed E-state index contributed by atoms with van der Waals surface area (Å²) >= 11 is 0. The maximum absolute atomic E-state index is 12.7. The van der Waals surface area contributed by atoms with Crippen LogP contribution in [0.25, 0.3) is 0 Å². The molecule has 21 heavy (non-hydrogen) atoms. The molecule has 1 saturated heterocycles. The second-order valence-electron chi connectivity index (χ2n) is 6.34. The average Bonchev–Trinajstić information content (AvgIpc) is 2.47. The van der Waals surface area contributed by atoms with Gasteiger partial charge in [0.2, 0.25) is 11.8 Å². The normalized spacial score (nSPS) is 16.0. The van der Waals surface area contributed by atoms with E-state index in [9.17, 15) is 9.59 Å². The second-order valence-corrected chi connectivity index (χ2v) is 6.34. The molecule has 0 saturated carbocycles. The molecule has 0 spiro atoms. The van der Waals surface area contributed by atoms with Crippen LogP contribution in [0, 0.1) is 5.41 Å². The molecule has 1 aromatic rings. The summed E-state index contributed by atoms with van der Waals surface area (Å²) in [6.45, 7) is 8.13. The molecule has 0 radical (unpaired) electrons.